The second kappa shape index (κ2) is 4.60. The standard InChI is InChI=1S/C10H17BrN4/c1-7-3-4-9(11)8(5-7)6-10-12-14-15(2)13-10/h7-9H,3-6H2,1-2H3. The Hall–Kier alpha value is -0.450. The van der Waals surface area contributed by atoms with E-state index in [4.69, 9.17) is 0 Å². The third kappa shape index (κ3) is 2.77. The minimum absolute atomic E-state index is 0.623. The highest BCUT2D eigenvalue weighted by Gasteiger charge is 2.27. The smallest absolute Gasteiger partial charge is 0.167 e. The predicted molar refractivity (Wildman–Crippen MR) is 61.7 cm³/mol. The second-order valence-corrected chi connectivity index (χ2v) is 5.77. The van der Waals surface area contributed by atoms with E-state index in [-0.39, 0.29) is 0 Å². The summed E-state index contributed by atoms with van der Waals surface area (Å²) in [5.41, 5.74) is 0. The molecule has 1 aliphatic rings. The Balaban J connectivity index is 1.98. The summed E-state index contributed by atoms with van der Waals surface area (Å²) < 4.78 is 0. The Labute approximate surface area is 98.6 Å². The summed E-state index contributed by atoms with van der Waals surface area (Å²) in [6.07, 6.45) is 4.83. The molecular formula is C10H17BrN4. The van der Waals surface area contributed by atoms with E-state index in [1.165, 1.54) is 24.1 Å². The molecule has 5 heteroatoms. The molecule has 0 radical (unpaired) electrons. The molecule has 0 aromatic carbocycles. The Bertz CT molecular complexity index is 325. The van der Waals surface area contributed by atoms with Crippen molar-refractivity contribution < 1.29 is 0 Å². The SMILES string of the molecule is CC1CCC(Br)C(Cc2nnn(C)n2)C1. The van der Waals surface area contributed by atoms with Gasteiger partial charge >= 0.3 is 0 Å². The highest BCUT2D eigenvalue weighted by Crippen LogP contribution is 2.34. The van der Waals surface area contributed by atoms with Crippen LogP contribution in [-0.2, 0) is 13.5 Å². The molecule has 1 fully saturated rings. The van der Waals surface area contributed by atoms with Gasteiger partial charge in [0.2, 0.25) is 0 Å². The lowest BCUT2D eigenvalue weighted by Crippen LogP contribution is -2.26. The summed E-state index contributed by atoms with van der Waals surface area (Å²) >= 11 is 3.76. The fourth-order valence-electron chi connectivity index (χ4n) is 2.31. The second-order valence-electron chi connectivity index (χ2n) is 4.59. The van der Waals surface area contributed by atoms with Crippen LogP contribution in [0.3, 0.4) is 0 Å². The van der Waals surface area contributed by atoms with Crippen LogP contribution in [0.2, 0.25) is 0 Å². The molecule has 2 rings (SSSR count). The van der Waals surface area contributed by atoms with Gasteiger partial charge in [-0.15, -0.1) is 10.2 Å². The van der Waals surface area contributed by atoms with E-state index in [0.29, 0.717) is 10.7 Å². The number of rotatable bonds is 2. The lowest BCUT2D eigenvalue weighted by molar-refractivity contribution is 0.291. The molecule has 1 aromatic heterocycles. The summed E-state index contributed by atoms with van der Waals surface area (Å²) in [4.78, 5) is 2.16. The average Bonchev–Trinajstić information content (AvgIpc) is 2.58. The maximum absolute atomic E-state index is 4.24. The van der Waals surface area contributed by atoms with Crippen molar-refractivity contribution in [2.75, 3.05) is 0 Å². The third-order valence-corrected chi connectivity index (χ3v) is 4.35. The number of alkyl halides is 1. The number of aromatic nitrogens is 4. The summed E-state index contributed by atoms with van der Waals surface area (Å²) in [6.45, 7) is 2.33. The number of aryl methyl sites for hydroxylation is 1. The predicted octanol–water partition coefficient (Wildman–Crippen LogP) is 1.95. The average molecular weight is 273 g/mol. The van der Waals surface area contributed by atoms with Gasteiger partial charge in [0, 0.05) is 11.2 Å². The topological polar surface area (TPSA) is 43.6 Å². The molecule has 1 heterocycles. The Kier molecular flexibility index (Phi) is 3.38. The molecule has 0 saturated heterocycles. The van der Waals surface area contributed by atoms with E-state index in [9.17, 15) is 0 Å². The maximum Gasteiger partial charge on any atom is 0.175 e. The van der Waals surface area contributed by atoms with Gasteiger partial charge in [0.25, 0.3) is 0 Å². The lowest BCUT2D eigenvalue weighted by atomic mass is 9.80. The Morgan fingerprint density at radius 2 is 2.27 bits per heavy atom. The van der Waals surface area contributed by atoms with Gasteiger partial charge in [-0.05, 0) is 36.3 Å². The molecule has 1 aliphatic carbocycles. The number of tetrazole rings is 1. The molecule has 1 saturated carbocycles. The van der Waals surface area contributed by atoms with Crippen LogP contribution >= 0.6 is 15.9 Å². The molecule has 0 aliphatic heterocycles. The van der Waals surface area contributed by atoms with E-state index >= 15 is 0 Å². The molecule has 3 atom stereocenters. The van der Waals surface area contributed by atoms with Crippen LogP contribution in [0.4, 0.5) is 0 Å². The number of hydrogen-bond donors (Lipinski definition) is 0. The molecule has 3 unspecified atom stereocenters. The van der Waals surface area contributed by atoms with E-state index in [1.54, 1.807) is 0 Å². The molecule has 15 heavy (non-hydrogen) atoms. The first-order valence-corrected chi connectivity index (χ1v) is 6.43. The van der Waals surface area contributed by atoms with Gasteiger partial charge in [-0.3, -0.25) is 0 Å². The highest BCUT2D eigenvalue weighted by atomic mass is 79.9. The van der Waals surface area contributed by atoms with Crippen molar-refractivity contribution in [2.24, 2.45) is 18.9 Å². The molecule has 84 valence electrons. The Morgan fingerprint density at radius 1 is 1.47 bits per heavy atom. The minimum Gasteiger partial charge on any atom is -0.167 e. The number of nitrogens with zero attached hydrogens (tertiary/aromatic N) is 4. The van der Waals surface area contributed by atoms with Crippen LogP contribution in [0.15, 0.2) is 0 Å². The van der Waals surface area contributed by atoms with Crippen LogP contribution < -0.4 is 0 Å². The summed E-state index contributed by atoms with van der Waals surface area (Å²) in [6, 6.07) is 0. The Morgan fingerprint density at radius 3 is 2.93 bits per heavy atom. The maximum atomic E-state index is 4.24. The first-order chi connectivity index (χ1) is 7.15. The van der Waals surface area contributed by atoms with E-state index < -0.39 is 0 Å². The zero-order chi connectivity index (χ0) is 10.8. The lowest BCUT2D eigenvalue weighted by Gasteiger charge is -2.30. The fraction of sp³-hybridized carbons (Fsp3) is 0.900. The monoisotopic (exact) mass is 272 g/mol. The van der Waals surface area contributed by atoms with Gasteiger partial charge in [0.1, 0.15) is 0 Å². The van der Waals surface area contributed by atoms with Gasteiger partial charge in [0.05, 0.1) is 7.05 Å². The zero-order valence-electron chi connectivity index (χ0n) is 9.23. The van der Waals surface area contributed by atoms with Gasteiger partial charge in [-0.2, -0.15) is 4.80 Å². The van der Waals surface area contributed by atoms with Gasteiger partial charge in [0.15, 0.2) is 5.82 Å². The van der Waals surface area contributed by atoms with Crippen molar-refractivity contribution in [2.45, 2.75) is 37.4 Å². The van der Waals surface area contributed by atoms with Crippen LogP contribution in [0, 0.1) is 11.8 Å². The molecule has 0 amide bonds. The fourth-order valence-corrected chi connectivity index (χ4v) is 2.98. The van der Waals surface area contributed by atoms with Crippen LogP contribution in [0.5, 0.6) is 0 Å². The van der Waals surface area contributed by atoms with Crippen LogP contribution in [0.25, 0.3) is 0 Å². The van der Waals surface area contributed by atoms with Crippen LogP contribution in [-0.4, -0.2) is 25.0 Å². The zero-order valence-corrected chi connectivity index (χ0v) is 10.8. The van der Waals surface area contributed by atoms with Crippen molar-refractivity contribution in [3.8, 4) is 0 Å². The molecule has 1 aromatic rings. The van der Waals surface area contributed by atoms with Crippen LogP contribution in [0.1, 0.15) is 32.0 Å². The highest BCUT2D eigenvalue weighted by molar-refractivity contribution is 9.09. The van der Waals surface area contributed by atoms with Crippen molar-refractivity contribution in [1.29, 1.82) is 0 Å². The third-order valence-electron chi connectivity index (χ3n) is 3.15. The largest absolute Gasteiger partial charge is 0.175 e. The van der Waals surface area contributed by atoms with Gasteiger partial charge < -0.3 is 0 Å². The molecular weight excluding hydrogens is 256 g/mol. The van der Waals surface area contributed by atoms with Crippen molar-refractivity contribution in [3.63, 3.8) is 0 Å². The van der Waals surface area contributed by atoms with Gasteiger partial charge in [-0.25, -0.2) is 0 Å². The van der Waals surface area contributed by atoms with E-state index in [0.717, 1.165) is 18.2 Å². The molecule has 0 N–H and O–H groups in total. The van der Waals surface area contributed by atoms with Crippen molar-refractivity contribution in [1.82, 2.24) is 20.2 Å². The summed E-state index contributed by atoms with van der Waals surface area (Å²) in [5.74, 6) is 2.37. The molecule has 0 bridgehead atoms. The quantitative estimate of drug-likeness (QED) is 0.773. The number of hydrogen-bond acceptors (Lipinski definition) is 3. The van der Waals surface area contributed by atoms with Crippen molar-refractivity contribution >= 4 is 15.9 Å². The summed E-state index contributed by atoms with van der Waals surface area (Å²) in [7, 11) is 1.81. The number of halogens is 1. The van der Waals surface area contributed by atoms with E-state index in [2.05, 4.69) is 38.3 Å². The first-order valence-electron chi connectivity index (χ1n) is 5.52. The van der Waals surface area contributed by atoms with Gasteiger partial charge in [-0.1, -0.05) is 22.9 Å². The first kappa shape index (κ1) is 11.0. The van der Waals surface area contributed by atoms with E-state index in [1.807, 2.05) is 7.05 Å². The molecule has 4 nitrogen and oxygen atoms in total. The minimum atomic E-state index is 0.623. The van der Waals surface area contributed by atoms with Crippen molar-refractivity contribution in [3.05, 3.63) is 5.82 Å². The molecule has 0 spiro atoms. The summed E-state index contributed by atoms with van der Waals surface area (Å²) in [5, 5.41) is 12.2. The normalized spacial score (nSPS) is 31.8.